The summed E-state index contributed by atoms with van der Waals surface area (Å²) in [4.78, 5) is 0. The van der Waals surface area contributed by atoms with Crippen molar-refractivity contribution in [1.29, 1.82) is 0 Å². The van der Waals surface area contributed by atoms with Crippen LogP contribution < -0.4 is 0 Å². The quantitative estimate of drug-likeness (QED) is 0.514. The van der Waals surface area contributed by atoms with Crippen molar-refractivity contribution in [3.05, 3.63) is 48.5 Å². The largest absolute Gasteiger partial charge is 0.0629 e. The van der Waals surface area contributed by atoms with E-state index in [1.165, 1.54) is 0 Å². The van der Waals surface area contributed by atoms with Gasteiger partial charge in [0, 0.05) is 0 Å². The molecule has 0 amide bonds. The number of hydrogen-bond acceptors (Lipinski definition) is 0. The first kappa shape index (κ1) is 3.77. The highest BCUT2D eigenvalue weighted by Crippen LogP contribution is 2.11. The summed E-state index contributed by atoms with van der Waals surface area (Å²) in [5, 5.41) is 1.88. The van der Waals surface area contributed by atoms with Crippen LogP contribution in [0.1, 0.15) is 2.74 Å². The van der Waals surface area contributed by atoms with Crippen molar-refractivity contribution in [3.63, 3.8) is 0 Å². The Kier molecular flexibility index (Phi) is 0.808. The topological polar surface area (TPSA) is 0 Å². The third-order valence-electron chi connectivity index (χ3n) is 1.51. The lowest BCUT2D eigenvalue weighted by Gasteiger charge is -1.92. The predicted octanol–water partition coefficient (Wildman–Crippen LogP) is 2.84. The Bertz CT molecular complexity index is 421. The van der Waals surface area contributed by atoms with Crippen molar-refractivity contribution >= 4 is 10.8 Å². The molecule has 0 nitrogen and oxygen atoms in total. The van der Waals surface area contributed by atoms with Crippen LogP contribution in [0.4, 0.5) is 0 Å². The fourth-order valence-electron chi connectivity index (χ4n) is 1.01. The third-order valence-corrected chi connectivity index (χ3v) is 1.51. The highest BCUT2D eigenvalue weighted by Gasteiger charge is 1.85. The molecule has 0 aliphatic carbocycles. The SMILES string of the molecule is [2H]c1ccc2ccccc2c1[2H]. The van der Waals surface area contributed by atoms with Crippen molar-refractivity contribution in [3.8, 4) is 0 Å². The Morgan fingerprint density at radius 1 is 0.900 bits per heavy atom. The van der Waals surface area contributed by atoms with E-state index in [1.807, 2.05) is 30.3 Å². The second-order valence-electron chi connectivity index (χ2n) is 2.19. The van der Waals surface area contributed by atoms with E-state index in [0.29, 0.717) is 6.04 Å². The van der Waals surface area contributed by atoms with E-state index in [2.05, 4.69) is 0 Å². The van der Waals surface area contributed by atoms with Gasteiger partial charge in [-0.2, -0.15) is 0 Å². The van der Waals surface area contributed by atoms with Crippen LogP contribution in [0.5, 0.6) is 0 Å². The van der Waals surface area contributed by atoms with Gasteiger partial charge in [0.15, 0.2) is 0 Å². The van der Waals surface area contributed by atoms with Gasteiger partial charge in [0.1, 0.15) is 0 Å². The molecule has 0 atom stereocenters. The van der Waals surface area contributed by atoms with E-state index in [0.717, 1.165) is 10.8 Å². The molecule has 0 aliphatic rings. The normalized spacial score (nSPS) is 12.8. The van der Waals surface area contributed by atoms with Crippen LogP contribution in [-0.2, 0) is 0 Å². The molecular formula is C10H8. The number of fused-ring (bicyclic) bond motifs is 1. The zero-order valence-corrected chi connectivity index (χ0v) is 5.46. The molecule has 0 fully saturated rings. The smallest absolute Gasteiger partial charge is 0.0616 e. The molecule has 2 rings (SSSR count). The molecule has 0 bridgehead atoms. The van der Waals surface area contributed by atoms with Gasteiger partial charge in [-0.25, -0.2) is 0 Å². The van der Waals surface area contributed by atoms with Gasteiger partial charge in [0.05, 0.1) is 2.74 Å². The van der Waals surface area contributed by atoms with Crippen LogP contribution >= 0.6 is 0 Å². The average Bonchev–Trinajstić information content (AvgIpc) is 2.12. The van der Waals surface area contributed by atoms with Gasteiger partial charge in [-0.15, -0.1) is 0 Å². The van der Waals surface area contributed by atoms with Crippen LogP contribution in [0.3, 0.4) is 0 Å². The maximum atomic E-state index is 7.60. The minimum absolute atomic E-state index is 0.286. The molecule has 0 aliphatic heterocycles. The van der Waals surface area contributed by atoms with Crippen LogP contribution in [0.25, 0.3) is 10.8 Å². The van der Waals surface area contributed by atoms with Crippen molar-refractivity contribution in [2.24, 2.45) is 0 Å². The summed E-state index contributed by atoms with van der Waals surface area (Å²) in [5.74, 6) is 0. The summed E-state index contributed by atoms with van der Waals surface area (Å²) in [7, 11) is 0. The van der Waals surface area contributed by atoms with Crippen molar-refractivity contribution < 1.29 is 2.74 Å². The molecule has 0 aromatic heterocycles. The van der Waals surface area contributed by atoms with E-state index in [-0.39, 0.29) is 6.04 Å². The zero-order chi connectivity index (χ0) is 8.55. The van der Waals surface area contributed by atoms with Gasteiger partial charge >= 0.3 is 0 Å². The Morgan fingerprint density at radius 2 is 1.60 bits per heavy atom. The minimum atomic E-state index is 0.286. The highest BCUT2D eigenvalue weighted by molar-refractivity contribution is 5.81. The maximum absolute atomic E-state index is 7.60. The summed E-state index contributed by atoms with van der Waals surface area (Å²) in [6, 6.07) is 11.8. The Morgan fingerprint density at radius 3 is 2.50 bits per heavy atom. The third kappa shape index (κ3) is 0.781. The molecular weight excluding hydrogens is 120 g/mol. The van der Waals surface area contributed by atoms with Gasteiger partial charge in [0.25, 0.3) is 0 Å². The van der Waals surface area contributed by atoms with E-state index in [9.17, 15) is 0 Å². The first-order valence-corrected chi connectivity index (χ1v) is 3.24. The zero-order valence-electron chi connectivity index (χ0n) is 7.46. The summed E-state index contributed by atoms with van der Waals surface area (Å²) in [6.07, 6.45) is 0. The number of benzene rings is 2. The van der Waals surface area contributed by atoms with E-state index >= 15 is 0 Å². The lowest BCUT2D eigenvalue weighted by atomic mass is 10.1. The summed E-state index contributed by atoms with van der Waals surface area (Å²) in [6.45, 7) is 0. The molecule has 0 saturated carbocycles. The molecule has 0 saturated heterocycles. The van der Waals surface area contributed by atoms with Crippen LogP contribution in [0.15, 0.2) is 48.5 Å². The first-order valence-electron chi connectivity index (χ1n) is 4.24. The molecule has 0 unspecified atom stereocenters. The van der Waals surface area contributed by atoms with Gasteiger partial charge in [-0.1, -0.05) is 48.5 Å². The fraction of sp³-hybridized carbons (Fsp3) is 0. The minimum Gasteiger partial charge on any atom is -0.0616 e. The fourth-order valence-corrected chi connectivity index (χ4v) is 1.01. The highest BCUT2D eigenvalue weighted by atomic mass is 13.9. The number of rotatable bonds is 0. The molecule has 0 N–H and O–H groups in total. The van der Waals surface area contributed by atoms with E-state index < -0.39 is 0 Å². The van der Waals surface area contributed by atoms with Crippen molar-refractivity contribution in [2.45, 2.75) is 0 Å². The number of hydrogen-bond donors (Lipinski definition) is 0. The molecule has 2 aromatic carbocycles. The lowest BCUT2D eigenvalue weighted by molar-refractivity contribution is 1.75. The van der Waals surface area contributed by atoms with Crippen LogP contribution in [-0.4, -0.2) is 0 Å². The predicted molar refractivity (Wildman–Crippen MR) is 43.9 cm³/mol. The molecule has 2 aromatic rings. The van der Waals surface area contributed by atoms with Crippen LogP contribution in [0.2, 0.25) is 0 Å². The molecule has 0 spiro atoms. The van der Waals surface area contributed by atoms with E-state index in [4.69, 9.17) is 2.74 Å². The molecule has 0 heteroatoms. The summed E-state index contributed by atoms with van der Waals surface area (Å²) in [5.41, 5.74) is 0. The van der Waals surface area contributed by atoms with Crippen molar-refractivity contribution in [2.75, 3.05) is 0 Å². The summed E-state index contributed by atoms with van der Waals surface area (Å²) >= 11 is 0. The summed E-state index contributed by atoms with van der Waals surface area (Å²) < 4.78 is 15.0. The Hall–Kier alpha value is -1.30. The van der Waals surface area contributed by atoms with Gasteiger partial charge < -0.3 is 0 Å². The van der Waals surface area contributed by atoms with E-state index in [1.54, 1.807) is 6.07 Å². The monoisotopic (exact) mass is 130 g/mol. The maximum Gasteiger partial charge on any atom is 0.0629 e. The second kappa shape index (κ2) is 2.14. The lowest BCUT2D eigenvalue weighted by Crippen LogP contribution is -1.67. The second-order valence-corrected chi connectivity index (χ2v) is 2.19. The van der Waals surface area contributed by atoms with Crippen LogP contribution in [0, 0.1) is 0 Å². The average molecular weight is 130 g/mol. The Labute approximate surface area is 62.9 Å². The van der Waals surface area contributed by atoms with Gasteiger partial charge in [0.2, 0.25) is 0 Å². The molecule has 0 heterocycles. The standard InChI is InChI=1S/C10H8/c1-2-6-10-8-4-3-7-9(10)5-1/h1-8H/i1D,5D. The first-order chi connectivity index (χ1) is 5.79. The van der Waals surface area contributed by atoms with Gasteiger partial charge in [-0.3, -0.25) is 0 Å². The molecule has 48 valence electrons. The molecule has 10 heavy (non-hydrogen) atoms. The molecule has 0 radical (unpaired) electrons. The Balaban J connectivity index is 2.91. The van der Waals surface area contributed by atoms with Gasteiger partial charge in [-0.05, 0) is 10.8 Å². The van der Waals surface area contributed by atoms with Crippen molar-refractivity contribution in [1.82, 2.24) is 0 Å².